The van der Waals surface area contributed by atoms with E-state index in [-0.39, 0.29) is 6.10 Å². The summed E-state index contributed by atoms with van der Waals surface area (Å²) >= 11 is 3.35. The molecule has 15 heavy (non-hydrogen) atoms. The summed E-state index contributed by atoms with van der Waals surface area (Å²) < 4.78 is 6.79. The van der Waals surface area contributed by atoms with Crippen LogP contribution in [0.4, 0.5) is 0 Å². The smallest absolute Gasteiger partial charge is 0.213 e. The van der Waals surface area contributed by atoms with E-state index in [0.29, 0.717) is 18.3 Å². The minimum Gasteiger partial charge on any atom is -0.474 e. The first-order chi connectivity index (χ1) is 7.29. The zero-order valence-corrected chi connectivity index (χ0v) is 10.1. The van der Waals surface area contributed by atoms with Gasteiger partial charge in [0.2, 0.25) is 5.88 Å². The molecule has 3 nitrogen and oxygen atoms in total. The lowest BCUT2D eigenvalue weighted by Gasteiger charge is -2.18. The number of nitrogens with two attached hydrogens (primary N) is 1. The maximum atomic E-state index is 5.82. The van der Waals surface area contributed by atoms with Gasteiger partial charge < -0.3 is 10.5 Å². The third-order valence-corrected chi connectivity index (χ3v) is 3.33. The molecule has 0 bridgehead atoms. The second-order valence-corrected chi connectivity index (χ2v) is 4.81. The molecule has 0 aromatic carbocycles. The van der Waals surface area contributed by atoms with Crippen LogP contribution >= 0.6 is 15.9 Å². The van der Waals surface area contributed by atoms with Crippen molar-refractivity contribution in [2.24, 2.45) is 11.7 Å². The lowest BCUT2D eigenvalue weighted by Crippen LogP contribution is -2.27. The van der Waals surface area contributed by atoms with Gasteiger partial charge in [0.1, 0.15) is 6.10 Å². The van der Waals surface area contributed by atoms with Crippen LogP contribution < -0.4 is 10.5 Å². The number of aromatic nitrogens is 1. The van der Waals surface area contributed by atoms with E-state index in [9.17, 15) is 0 Å². The van der Waals surface area contributed by atoms with E-state index < -0.39 is 0 Å². The molecule has 2 unspecified atom stereocenters. The average molecular weight is 271 g/mol. The zero-order valence-electron chi connectivity index (χ0n) is 8.53. The monoisotopic (exact) mass is 270 g/mol. The lowest BCUT2D eigenvalue weighted by atomic mass is 10.1. The summed E-state index contributed by atoms with van der Waals surface area (Å²) in [5.41, 5.74) is 5.69. The fourth-order valence-electron chi connectivity index (χ4n) is 2.01. The Labute approximate surface area is 98.2 Å². The molecule has 1 aliphatic rings. The van der Waals surface area contributed by atoms with Crippen molar-refractivity contribution >= 4 is 15.9 Å². The van der Waals surface area contributed by atoms with Crippen molar-refractivity contribution in [2.45, 2.75) is 25.4 Å². The van der Waals surface area contributed by atoms with E-state index in [0.717, 1.165) is 10.9 Å². The van der Waals surface area contributed by atoms with E-state index >= 15 is 0 Å². The molecular weight excluding hydrogens is 256 g/mol. The van der Waals surface area contributed by atoms with Crippen LogP contribution in [0.1, 0.15) is 19.3 Å². The Morgan fingerprint density at radius 2 is 2.33 bits per heavy atom. The fraction of sp³-hybridized carbons (Fsp3) is 0.545. The Morgan fingerprint density at radius 3 is 3.00 bits per heavy atom. The number of halogens is 1. The third kappa shape index (κ3) is 2.69. The molecule has 1 aliphatic carbocycles. The standard InChI is InChI=1S/C11H15BrN2O/c12-9-4-5-11(14-7-9)15-10-3-1-2-8(10)6-13/h4-5,7-8,10H,1-3,6,13H2. The molecule has 1 fully saturated rings. The second-order valence-electron chi connectivity index (χ2n) is 3.90. The fourth-order valence-corrected chi connectivity index (χ4v) is 2.25. The lowest BCUT2D eigenvalue weighted by molar-refractivity contribution is 0.155. The van der Waals surface area contributed by atoms with E-state index in [4.69, 9.17) is 10.5 Å². The van der Waals surface area contributed by atoms with Gasteiger partial charge in [0.25, 0.3) is 0 Å². The van der Waals surface area contributed by atoms with E-state index in [1.165, 1.54) is 12.8 Å². The first-order valence-electron chi connectivity index (χ1n) is 5.28. The Morgan fingerprint density at radius 1 is 1.47 bits per heavy atom. The van der Waals surface area contributed by atoms with Gasteiger partial charge in [-0.1, -0.05) is 0 Å². The van der Waals surface area contributed by atoms with Crippen molar-refractivity contribution in [3.05, 3.63) is 22.8 Å². The van der Waals surface area contributed by atoms with E-state index in [1.54, 1.807) is 6.20 Å². The molecule has 0 amide bonds. The molecular formula is C11H15BrN2O. The summed E-state index contributed by atoms with van der Waals surface area (Å²) in [7, 11) is 0. The van der Waals surface area contributed by atoms with E-state index in [2.05, 4.69) is 20.9 Å². The van der Waals surface area contributed by atoms with Crippen LogP contribution in [0.3, 0.4) is 0 Å². The molecule has 0 spiro atoms. The Bertz CT molecular complexity index is 315. The normalized spacial score (nSPS) is 25.5. The number of hydrogen-bond donors (Lipinski definition) is 1. The minimum absolute atomic E-state index is 0.253. The van der Waals surface area contributed by atoms with Crippen molar-refractivity contribution in [3.63, 3.8) is 0 Å². The maximum Gasteiger partial charge on any atom is 0.213 e. The summed E-state index contributed by atoms with van der Waals surface area (Å²) in [4.78, 5) is 4.20. The Hall–Kier alpha value is -0.610. The molecule has 1 aromatic heterocycles. The number of hydrogen-bond acceptors (Lipinski definition) is 3. The van der Waals surface area contributed by atoms with Crippen LogP contribution in [0, 0.1) is 5.92 Å². The van der Waals surface area contributed by atoms with Crippen molar-refractivity contribution in [1.82, 2.24) is 4.98 Å². The van der Waals surface area contributed by atoms with Crippen LogP contribution in [0.2, 0.25) is 0 Å². The molecule has 1 aromatic rings. The molecule has 1 heterocycles. The average Bonchev–Trinajstić information content (AvgIpc) is 2.69. The second kappa shape index (κ2) is 4.94. The molecule has 0 aliphatic heterocycles. The quantitative estimate of drug-likeness (QED) is 0.918. The minimum atomic E-state index is 0.253. The van der Waals surface area contributed by atoms with Crippen molar-refractivity contribution in [3.8, 4) is 5.88 Å². The van der Waals surface area contributed by atoms with Gasteiger partial charge in [-0.25, -0.2) is 4.98 Å². The van der Waals surface area contributed by atoms with Crippen LogP contribution in [0.15, 0.2) is 22.8 Å². The van der Waals surface area contributed by atoms with Gasteiger partial charge in [-0.05, 0) is 47.8 Å². The van der Waals surface area contributed by atoms with Gasteiger partial charge in [-0.3, -0.25) is 0 Å². The molecule has 2 atom stereocenters. The third-order valence-electron chi connectivity index (χ3n) is 2.86. The summed E-state index contributed by atoms with van der Waals surface area (Å²) in [6.07, 6.45) is 5.49. The van der Waals surface area contributed by atoms with Gasteiger partial charge >= 0.3 is 0 Å². The number of nitrogens with zero attached hydrogens (tertiary/aromatic N) is 1. The summed E-state index contributed by atoms with van der Waals surface area (Å²) in [5, 5.41) is 0. The van der Waals surface area contributed by atoms with Gasteiger partial charge in [0.05, 0.1) is 0 Å². The Balaban J connectivity index is 1.99. The highest BCUT2D eigenvalue weighted by Gasteiger charge is 2.27. The number of pyridine rings is 1. The van der Waals surface area contributed by atoms with E-state index in [1.807, 2.05) is 12.1 Å². The molecule has 2 rings (SSSR count). The largest absolute Gasteiger partial charge is 0.474 e. The van der Waals surface area contributed by atoms with Crippen molar-refractivity contribution in [2.75, 3.05) is 6.54 Å². The predicted octanol–water partition coefficient (Wildman–Crippen LogP) is 2.35. The summed E-state index contributed by atoms with van der Waals surface area (Å²) in [5.74, 6) is 1.19. The van der Waals surface area contributed by atoms with Crippen molar-refractivity contribution in [1.29, 1.82) is 0 Å². The molecule has 4 heteroatoms. The number of ether oxygens (including phenoxy) is 1. The molecule has 82 valence electrons. The highest BCUT2D eigenvalue weighted by Crippen LogP contribution is 2.28. The van der Waals surface area contributed by atoms with Crippen LogP contribution in [-0.4, -0.2) is 17.6 Å². The van der Waals surface area contributed by atoms with Crippen LogP contribution in [0.25, 0.3) is 0 Å². The highest BCUT2D eigenvalue weighted by atomic mass is 79.9. The Kier molecular flexibility index (Phi) is 3.59. The predicted molar refractivity (Wildman–Crippen MR) is 62.7 cm³/mol. The molecule has 0 radical (unpaired) electrons. The van der Waals surface area contributed by atoms with Gasteiger partial charge in [0.15, 0.2) is 0 Å². The SMILES string of the molecule is NCC1CCCC1Oc1ccc(Br)cn1. The summed E-state index contributed by atoms with van der Waals surface area (Å²) in [6, 6.07) is 3.82. The number of rotatable bonds is 3. The zero-order chi connectivity index (χ0) is 10.7. The van der Waals surface area contributed by atoms with Crippen LogP contribution in [-0.2, 0) is 0 Å². The first-order valence-corrected chi connectivity index (χ1v) is 6.07. The summed E-state index contributed by atoms with van der Waals surface area (Å²) in [6.45, 7) is 0.710. The van der Waals surface area contributed by atoms with Gasteiger partial charge in [-0.15, -0.1) is 0 Å². The topological polar surface area (TPSA) is 48.1 Å². The molecule has 2 N–H and O–H groups in total. The molecule has 1 saturated carbocycles. The highest BCUT2D eigenvalue weighted by molar-refractivity contribution is 9.10. The van der Waals surface area contributed by atoms with Gasteiger partial charge in [0, 0.05) is 22.7 Å². The van der Waals surface area contributed by atoms with Crippen LogP contribution in [0.5, 0.6) is 5.88 Å². The van der Waals surface area contributed by atoms with Gasteiger partial charge in [-0.2, -0.15) is 0 Å². The maximum absolute atomic E-state index is 5.82. The van der Waals surface area contributed by atoms with Crippen molar-refractivity contribution < 1.29 is 4.74 Å². The molecule has 0 saturated heterocycles. The first kappa shape index (κ1) is 10.9.